The van der Waals surface area contributed by atoms with E-state index in [1.54, 1.807) is 24.5 Å². The Balaban J connectivity index is 1.74. The number of pyridine rings is 1. The van der Waals surface area contributed by atoms with E-state index in [-0.39, 0.29) is 17.3 Å². The summed E-state index contributed by atoms with van der Waals surface area (Å²) in [5.41, 5.74) is 0.306. The highest BCUT2D eigenvalue weighted by Crippen LogP contribution is 2.32. The molecule has 0 saturated heterocycles. The Labute approximate surface area is 121 Å². The highest BCUT2D eigenvalue weighted by atomic mass is 35.5. The Kier molecular flexibility index (Phi) is 3.69. The van der Waals surface area contributed by atoms with E-state index >= 15 is 0 Å². The smallest absolute Gasteiger partial charge is 0.341 e. The largest absolute Gasteiger partial charge is 0.456 e. The molecular formula is C14H14ClN3O2. The summed E-state index contributed by atoms with van der Waals surface area (Å²) in [6.45, 7) is 0. The zero-order valence-corrected chi connectivity index (χ0v) is 11.5. The van der Waals surface area contributed by atoms with Crippen molar-refractivity contribution >= 4 is 17.6 Å². The van der Waals surface area contributed by atoms with E-state index in [2.05, 4.69) is 10.1 Å². The van der Waals surface area contributed by atoms with E-state index in [1.165, 1.54) is 0 Å². The van der Waals surface area contributed by atoms with Crippen molar-refractivity contribution in [2.45, 2.75) is 31.4 Å². The summed E-state index contributed by atoms with van der Waals surface area (Å²) in [5, 5.41) is 4.41. The van der Waals surface area contributed by atoms with Crippen LogP contribution in [0.2, 0.25) is 5.15 Å². The van der Waals surface area contributed by atoms with Crippen molar-refractivity contribution in [1.82, 2.24) is 14.8 Å². The van der Waals surface area contributed by atoms with E-state index in [1.807, 2.05) is 16.9 Å². The summed E-state index contributed by atoms with van der Waals surface area (Å²) in [6.07, 6.45) is 7.82. The minimum absolute atomic E-state index is 0.101. The summed E-state index contributed by atoms with van der Waals surface area (Å²) in [6, 6.07) is 5.26. The highest BCUT2D eigenvalue weighted by Gasteiger charge is 2.32. The minimum Gasteiger partial charge on any atom is -0.456 e. The maximum absolute atomic E-state index is 12.2. The van der Waals surface area contributed by atoms with Crippen LogP contribution in [0.25, 0.3) is 0 Å². The van der Waals surface area contributed by atoms with Crippen molar-refractivity contribution in [1.29, 1.82) is 0 Å². The van der Waals surface area contributed by atoms with Gasteiger partial charge in [-0.05, 0) is 37.5 Å². The highest BCUT2D eigenvalue weighted by molar-refractivity contribution is 6.32. The molecule has 2 heterocycles. The van der Waals surface area contributed by atoms with Crippen LogP contribution in [0.15, 0.2) is 36.8 Å². The average molecular weight is 292 g/mol. The normalized spacial score (nSPS) is 21.9. The molecule has 104 valence electrons. The fraction of sp³-hybridized carbons (Fsp3) is 0.357. The summed E-state index contributed by atoms with van der Waals surface area (Å²) in [5.74, 6) is -0.424. The van der Waals surface area contributed by atoms with E-state index < -0.39 is 5.97 Å². The van der Waals surface area contributed by atoms with Gasteiger partial charge in [0.05, 0.1) is 11.6 Å². The van der Waals surface area contributed by atoms with Crippen molar-refractivity contribution in [3.63, 3.8) is 0 Å². The number of carbonyl (C=O) groups excluding carboxylic acids is 1. The molecule has 0 radical (unpaired) electrons. The van der Waals surface area contributed by atoms with Crippen LogP contribution in [0.4, 0.5) is 0 Å². The third-order valence-corrected chi connectivity index (χ3v) is 3.82. The molecule has 1 aliphatic carbocycles. The fourth-order valence-electron chi connectivity index (χ4n) is 2.56. The number of halogens is 1. The summed E-state index contributed by atoms with van der Waals surface area (Å²) in [7, 11) is 0. The number of esters is 1. The molecule has 20 heavy (non-hydrogen) atoms. The summed E-state index contributed by atoms with van der Waals surface area (Å²) >= 11 is 5.91. The molecule has 0 N–H and O–H groups in total. The van der Waals surface area contributed by atoms with E-state index in [0.717, 1.165) is 19.3 Å². The first kappa shape index (κ1) is 13.1. The SMILES string of the molecule is O=C(O[C@@H]1CCC[C@H]1n1cccn1)c1cccnc1Cl. The number of ether oxygens (including phenoxy) is 1. The first-order valence-electron chi connectivity index (χ1n) is 6.56. The van der Waals surface area contributed by atoms with Crippen LogP contribution in [0.3, 0.4) is 0 Å². The van der Waals surface area contributed by atoms with Crippen LogP contribution in [0.1, 0.15) is 35.7 Å². The van der Waals surface area contributed by atoms with Crippen LogP contribution in [-0.2, 0) is 4.74 Å². The molecule has 2 aromatic heterocycles. The Morgan fingerprint density at radius 3 is 3.00 bits per heavy atom. The maximum atomic E-state index is 12.2. The van der Waals surface area contributed by atoms with Crippen LogP contribution < -0.4 is 0 Å². The van der Waals surface area contributed by atoms with Gasteiger partial charge in [-0.3, -0.25) is 4.68 Å². The lowest BCUT2D eigenvalue weighted by molar-refractivity contribution is 0.0209. The maximum Gasteiger partial charge on any atom is 0.341 e. The Morgan fingerprint density at radius 1 is 1.35 bits per heavy atom. The van der Waals surface area contributed by atoms with Crippen molar-refractivity contribution in [3.05, 3.63) is 47.5 Å². The molecule has 0 spiro atoms. The lowest BCUT2D eigenvalue weighted by Crippen LogP contribution is -2.25. The lowest BCUT2D eigenvalue weighted by Gasteiger charge is -2.20. The van der Waals surface area contributed by atoms with Gasteiger partial charge >= 0.3 is 5.97 Å². The number of carbonyl (C=O) groups is 1. The van der Waals surface area contributed by atoms with Gasteiger partial charge in [0.2, 0.25) is 0 Å². The molecule has 2 atom stereocenters. The van der Waals surface area contributed by atoms with Gasteiger partial charge in [0.1, 0.15) is 11.3 Å². The van der Waals surface area contributed by atoms with E-state index in [4.69, 9.17) is 16.3 Å². The van der Waals surface area contributed by atoms with E-state index in [9.17, 15) is 4.79 Å². The first-order valence-corrected chi connectivity index (χ1v) is 6.94. The number of hydrogen-bond acceptors (Lipinski definition) is 4. The second-order valence-corrected chi connectivity index (χ2v) is 5.13. The van der Waals surface area contributed by atoms with Gasteiger partial charge in [0.25, 0.3) is 0 Å². The topological polar surface area (TPSA) is 57.0 Å². The predicted molar refractivity (Wildman–Crippen MR) is 73.6 cm³/mol. The van der Waals surface area contributed by atoms with Crippen LogP contribution >= 0.6 is 11.6 Å². The molecule has 1 saturated carbocycles. The molecule has 0 bridgehead atoms. The van der Waals surface area contributed by atoms with Gasteiger partial charge in [-0.25, -0.2) is 9.78 Å². The van der Waals surface area contributed by atoms with Gasteiger partial charge < -0.3 is 4.74 Å². The zero-order valence-electron chi connectivity index (χ0n) is 10.8. The van der Waals surface area contributed by atoms with Crippen molar-refractivity contribution in [2.75, 3.05) is 0 Å². The molecule has 0 amide bonds. The Bertz CT molecular complexity index is 600. The molecule has 1 fully saturated rings. The molecule has 0 aliphatic heterocycles. The second kappa shape index (κ2) is 5.63. The standard InChI is InChI=1S/C14H14ClN3O2/c15-13-10(4-2-7-16-13)14(19)20-12-6-1-5-11(12)18-9-3-8-17-18/h2-4,7-9,11-12H,1,5-6H2/t11-,12-/m1/s1. The van der Waals surface area contributed by atoms with Gasteiger partial charge in [-0.1, -0.05) is 11.6 Å². The van der Waals surface area contributed by atoms with Gasteiger partial charge in [-0.15, -0.1) is 0 Å². The lowest BCUT2D eigenvalue weighted by atomic mass is 10.2. The first-order chi connectivity index (χ1) is 9.75. The molecular weight excluding hydrogens is 278 g/mol. The third-order valence-electron chi connectivity index (χ3n) is 3.52. The van der Waals surface area contributed by atoms with Crippen LogP contribution in [0.5, 0.6) is 0 Å². The third kappa shape index (κ3) is 2.54. The molecule has 0 aromatic carbocycles. The minimum atomic E-state index is -0.424. The Morgan fingerprint density at radius 2 is 2.25 bits per heavy atom. The van der Waals surface area contributed by atoms with E-state index in [0.29, 0.717) is 5.56 Å². The van der Waals surface area contributed by atoms with Gasteiger partial charge in [0, 0.05) is 18.6 Å². The summed E-state index contributed by atoms with van der Waals surface area (Å²) < 4.78 is 7.45. The number of aromatic nitrogens is 3. The molecule has 1 aliphatic rings. The molecule has 2 aromatic rings. The van der Waals surface area contributed by atoms with Crippen LogP contribution in [-0.4, -0.2) is 26.8 Å². The van der Waals surface area contributed by atoms with Crippen molar-refractivity contribution < 1.29 is 9.53 Å². The number of rotatable bonds is 3. The van der Waals surface area contributed by atoms with Crippen molar-refractivity contribution in [2.24, 2.45) is 0 Å². The van der Waals surface area contributed by atoms with Gasteiger partial charge in [-0.2, -0.15) is 5.10 Å². The fourth-order valence-corrected chi connectivity index (χ4v) is 2.76. The van der Waals surface area contributed by atoms with Crippen LogP contribution in [0, 0.1) is 0 Å². The Hall–Kier alpha value is -1.88. The number of hydrogen-bond donors (Lipinski definition) is 0. The number of nitrogens with zero attached hydrogens (tertiary/aromatic N) is 3. The molecule has 3 rings (SSSR count). The average Bonchev–Trinajstić information content (AvgIpc) is 3.09. The second-order valence-electron chi connectivity index (χ2n) is 4.77. The molecule has 0 unspecified atom stereocenters. The molecule has 5 nitrogen and oxygen atoms in total. The monoisotopic (exact) mass is 291 g/mol. The summed E-state index contributed by atoms with van der Waals surface area (Å²) in [4.78, 5) is 16.1. The molecule has 6 heteroatoms. The van der Waals surface area contributed by atoms with Crippen molar-refractivity contribution in [3.8, 4) is 0 Å². The zero-order chi connectivity index (χ0) is 13.9. The quantitative estimate of drug-likeness (QED) is 0.644. The van der Waals surface area contributed by atoms with Gasteiger partial charge in [0.15, 0.2) is 0 Å². The predicted octanol–water partition coefficient (Wildman–Crippen LogP) is 2.88.